The van der Waals surface area contributed by atoms with Gasteiger partial charge >= 0.3 is 0 Å². The number of nitrogens with zero attached hydrogens (tertiary/aromatic N) is 2. The number of ether oxygens (including phenoxy) is 1. The normalized spacial score (nSPS) is 10.4. The van der Waals surface area contributed by atoms with Crippen molar-refractivity contribution in [3.05, 3.63) is 88.5 Å². The van der Waals surface area contributed by atoms with Crippen molar-refractivity contribution in [3.8, 4) is 16.9 Å². The number of benzene rings is 3. The molecule has 0 aliphatic heterocycles. The van der Waals surface area contributed by atoms with Gasteiger partial charge in [-0.15, -0.1) is 0 Å². The van der Waals surface area contributed by atoms with Crippen LogP contribution in [0, 0.1) is 10.1 Å². The van der Waals surface area contributed by atoms with Gasteiger partial charge in [0, 0.05) is 19.8 Å². The van der Waals surface area contributed by atoms with Crippen molar-refractivity contribution in [2.75, 3.05) is 19.0 Å². The standard InChI is InChI=1S/C21H20N2O3/c1-22(2)18-10-8-17(9-11-18)20-13-12-19(14-21(20)23(24)25)26-15-16-6-4-3-5-7-16/h3-14H,15H2,1-2H3. The lowest BCUT2D eigenvalue weighted by molar-refractivity contribution is -0.384. The van der Waals surface area contributed by atoms with Gasteiger partial charge in [0.1, 0.15) is 12.4 Å². The highest BCUT2D eigenvalue weighted by atomic mass is 16.6. The predicted octanol–water partition coefficient (Wildman–Crippen LogP) is 4.91. The summed E-state index contributed by atoms with van der Waals surface area (Å²) < 4.78 is 5.71. The number of anilines is 1. The van der Waals surface area contributed by atoms with Gasteiger partial charge in [0.05, 0.1) is 16.6 Å². The fraction of sp³-hybridized carbons (Fsp3) is 0.143. The number of nitro groups is 1. The second-order valence-corrected chi connectivity index (χ2v) is 6.15. The Morgan fingerprint density at radius 3 is 2.27 bits per heavy atom. The van der Waals surface area contributed by atoms with Crippen LogP contribution in [0.25, 0.3) is 11.1 Å². The minimum absolute atomic E-state index is 0.0353. The highest BCUT2D eigenvalue weighted by molar-refractivity contribution is 5.75. The first-order valence-electron chi connectivity index (χ1n) is 8.27. The molecule has 0 aliphatic carbocycles. The lowest BCUT2D eigenvalue weighted by Gasteiger charge is -2.13. The fourth-order valence-corrected chi connectivity index (χ4v) is 2.68. The first-order valence-corrected chi connectivity index (χ1v) is 8.27. The van der Waals surface area contributed by atoms with Crippen LogP contribution in [-0.4, -0.2) is 19.0 Å². The van der Waals surface area contributed by atoms with E-state index in [2.05, 4.69) is 0 Å². The van der Waals surface area contributed by atoms with E-state index in [0.29, 0.717) is 17.9 Å². The smallest absolute Gasteiger partial charge is 0.280 e. The van der Waals surface area contributed by atoms with Gasteiger partial charge in [-0.05, 0) is 35.4 Å². The molecule has 0 N–H and O–H groups in total. The molecule has 132 valence electrons. The van der Waals surface area contributed by atoms with E-state index in [1.165, 1.54) is 6.07 Å². The van der Waals surface area contributed by atoms with Crippen LogP contribution in [-0.2, 0) is 6.61 Å². The van der Waals surface area contributed by atoms with Gasteiger partial charge in [-0.1, -0.05) is 42.5 Å². The third-order valence-corrected chi connectivity index (χ3v) is 4.11. The Balaban J connectivity index is 1.86. The maximum Gasteiger partial charge on any atom is 0.280 e. The van der Waals surface area contributed by atoms with Crippen LogP contribution in [0.1, 0.15) is 5.56 Å². The fourth-order valence-electron chi connectivity index (χ4n) is 2.68. The van der Waals surface area contributed by atoms with E-state index < -0.39 is 0 Å². The first kappa shape index (κ1) is 17.5. The molecule has 3 aromatic carbocycles. The molecule has 0 saturated carbocycles. The molecule has 0 bridgehead atoms. The summed E-state index contributed by atoms with van der Waals surface area (Å²) in [6.07, 6.45) is 0. The molecule has 0 amide bonds. The monoisotopic (exact) mass is 348 g/mol. The van der Waals surface area contributed by atoms with Gasteiger partial charge in [-0.2, -0.15) is 0 Å². The highest BCUT2D eigenvalue weighted by Gasteiger charge is 2.17. The molecule has 0 spiro atoms. The molecule has 0 atom stereocenters. The van der Waals surface area contributed by atoms with Crippen molar-refractivity contribution in [1.82, 2.24) is 0 Å². The average Bonchev–Trinajstić information content (AvgIpc) is 2.67. The van der Waals surface area contributed by atoms with Crippen molar-refractivity contribution in [2.45, 2.75) is 6.61 Å². The summed E-state index contributed by atoms with van der Waals surface area (Å²) in [5, 5.41) is 11.5. The minimum Gasteiger partial charge on any atom is -0.489 e. The molecule has 0 heterocycles. The summed E-state index contributed by atoms with van der Waals surface area (Å²) in [4.78, 5) is 13.2. The van der Waals surface area contributed by atoms with Gasteiger partial charge in [0.15, 0.2) is 0 Å². The van der Waals surface area contributed by atoms with E-state index >= 15 is 0 Å². The van der Waals surface area contributed by atoms with E-state index in [4.69, 9.17) is 4.74 Å². The van der Waals surface area contributed by atoms with Crippen LogP contribution in [0.2, 0.25) is 0 Å². The van der Waals surface area contributed by atoms with E-state index in [1.807, 2.05) is 73.6 Å². The molecule has 3 rings (SSSR count). The molecule has 0 radical (unpaired) electrons. The number of hydrogen-bond donors (Lipinski definition) is 0. The van der Waals surface area contributed by atoms with Crippen molar-refractivity contribution < 1.29 is 9.66 Å². The summed E-state index contributed by atoms with van der Waals surface area (Å²) in [7, 11) is 3.91. The van der Waals surface area contributed by atoms with Crippen molar-refractivity contribution in [3.63, 3.8) is 0 Å². The van der Waals surface area contributed by atoms with Crippen molar-refractivity contribution in [1.29, 1.82) is 0 Å². The Morgan fingerprint density at radius 1 is 0.962 bits per heavy atom. The van der Waals surface area contributed by atoms with Crippen LogP contribution in [0.3, 0.4) is 0 Å². The molecule has 0 aromatic heterocycles. The van der Waals surface area contributed by atoms with Crippen LogP contribution < -0.4 is 9.64 Å². The summed E-state index contributed by atoms with van der Waals surface area (Å²) in [6.45, 7) is 0.370. The highest BCUT2D eigenvalue weighted by Crippen LogP contribution is 2.34. The summed E-state index contributed by atoms with van der Waals surface area (Å²) in [5.74, 6) is 0.481. The van der Waals surface area contributed by atoms with Gasteiger partial charge in [0.2, 0.25) is 0 Å². The zero-order valence-electron chi connectivity index (χ0n) is 14.8. The topological polar surface area (TPSA) is 55.6 Å². The van der Waals surface area contributed by atoms with Crippen LogP contribution >= 0.6 is 0 Å². The summed E-state index contributed by atoms with van der Waals surface area (Å²) in [5.41, 5.74) is 3.47. The predicted molar refractivity (Wildman–Crippen MR) is 104 cm³/mol. The molecule has 0 fully saturated rings. The van der Waals surface area contributed by atoms with Crippen LogP contribution in [0.5, 0.6) is 5.75 Å². The quantitative estimate of drug-likeness (QED) is 0.469. The number of nitro benzene ring substituents is 1. The lowest BCUT2D eigenvalue weighted by atomic mass is 10.0. The maximum atomic E-state index is 11.5. The molecule has 5 nitrogen and oxygen atoms in total. The molecule has 5 heteroatoms. The minimum atomic E-state index is -0.370. The zero-order valence-corrected chi connectivity index (χ0v) is 14.8. The Morgan fingerprint density at radius 2 is 1.65 bits per heavy atom. The second-order valence-electron chi connectivity index (χ2n) is 6.15. The van der Waals surface area contributed by atoms with Gasteiger partial charge in [-0.3, -0.25) is 10.1 Å². The van der Waals surface area contributed by atoms with Crippen LogP contribution in [0.4, 0.5) is 11.4 Å². The maximum absolute atomic E-state index is 11.5. The Kier molecular flexibility index (Phi) is 5.17. The van der Waals surface area contributed by atoms with Gasteiger partial charge in [0.25, 0.3) is 5.69 Å². The van der Waals surface area contributed by atoms with Gasteiger partial charge in [-0.25, -0.2) is 0 Å². The van der Waals surface area contributed by atoms with E-state index in [0.717, 1.165) is 16.8 Å². The third kappa shape index (κ3) is 4.00. The average molecular weight is 348 g/mol. The Bertz CT molecular complexity index is 891. The van der Waals surface area contributed by atoms with Crippen molar-refractivity contribution in [2.24, 2.45) is 0 Å². The van der Waals surface area contributed by atoms with Crippen molar-refractivity contribution >= 4 is 11.4 Å². The molecule has 0 aliphatic rings. The number of hydrogen-bond acceptors (Lipinski definition) is 4. The molecular weight excluding hydrogens is 328 g/mol. The Labute approximate surface area is 152 Å². The lowest BCUT2D eigenvalue weighted by Crippen LogP contribution is -2.07. The second kappa shape index (κ2) is 7.70. The van der Waals surface area contributed by atoms with E-state index in [-0.39, 0.29) is 10.6 Å². The van der Waals surface area contributed by atoms with Crippen LogP contribution in [0.15, 0.2) is 72.8 Å². The summed E-state index contributed by atoms with van der Waals surface area (Å²) in [6, 6.07) is 22.4. The molecule has 0 saturated heterocycles. The van der Waals surface area contributed by atoms with E-state index in [1.54, 1.807) is 12.1 Å². The molecule has 26 heavy (non-hydrogen) atoms. The number of rotatable bonds is 6. The zero-order chi connectivity index (χ0) is 18.5. The Hall–Kier alpha value is -3.34. The third-order valence-electron chi connectivity index (χ3n) is 4.11. The largest absolute Gasteiger partial charge is 0.489 e. The first-order chi connectivity index (χ1) is 12.5. The summed E-state index contributed by atoms with van der Waals surface area (Å²) >= 11 is 0. The molecule has 3 aromatic rings. The SMILES string of the molecule is CN(C)c1ccc(-c2ccc(OCc3ccccc3)cc2[N+](=O)[O-])cc1. The molecular formula is C21H20N2O3. The van der Waals surface area contributed by atoms with Gasteiger partial charge < -0.3 is 9.64 Å². The molecule has 0 unspecified atom stereocenters. The van der Waals surface area contributed by atoms with E-state index in [9.17, 15) is 10.1 Å².